The zero-order valence-electron chi connectivity index (χ0n) is 12.9. The second-order valence-electron chi connectivity index (χ2n) is 5.81. The van der Waals surface area contributed by atoms with Crippen LogP contribution in [0.1, 0.15) is 18.4 Å². The molecule has 132 valence electrons. The Labute approximate surface area is 146 Å². The van der Waals surface area contributed by atoms with Crippen molar-refractivity contribution in [3.63, 3.8) is 0 Å². The van der Waals surface area contributed by atoms with E-state index in [1.54, 1.807) is 0 Å². The molecule has 1 fully saturated rings. The van der Waals surface area contributed by atoms with Crippen molar-refractivity contribution in [3.8, 4) is 0 Å². The molecule has 8 heteroatoms. The number of carbonyl (C=O) groups is 2. The Hall–Kier alpha value is -1.57. The highest BCUT2D eigenvalue weighted by molar-refractivity contribution is 9.10. The lowest BCUT2D eigenvalue weighted by Crippen LogP contribution is -2.46. The van der Waals surface area contributed by atoms with Gasteiger partial charge in [0.25, 0.3) is 0 Å². The molecule has 0 aliphatic carbocycles. The molecule has 0 spiro atoms. The predicted octanol–water partition coefficient (Wildman–Crippen LogP) is 2.91. The number of benzene rings is 1. The first kappa shape index (κ1) is 18.8. The average Bonchev–Trinajstić information content (AvgIpc) is 2.54. The van der Waals surface area contributed by atoms with Crippen molar-refractivity contribution in [1.29, 1.82) is 0 Å². The first-order chi connectivity index (χ1) is 11.3. The fraction of sp³-hybridized carbons (Fsp3) is 0.500. The van der Waals surface area contributed by atoms with Crippen LogP contribution in [0.4, 0.5) is 13.2 Å². The van der Waals surface area contributed by atoms with Gasteiger partial charge in [-0.2, -0.15) is 13.2 Å². The molecule has 1 heterocycles. The van der Waals surface area contributed by atoms with E-state index in [0.717, 1.165) is 14.9 Å². The van der Waals surface area contributed by atoms with Gasteiger partial charge in [0.15, 0.2) is 0 Å². The van der Waals surface area contributed by atoms with Gasteiger partial charge in [0.05, 0.1) is 6.42 Å². The van der Waals surface area contributed by atoms with Crippen molar-refractivity contribution >= 4 is 27.7 Å². The van der Waals surface area contributed by atoms with Crippen molar-refractivity contribution in [2.24, 2.45) is 5.92 Å². The van der Waals surface area contributed by atoms with Gasteiger partial charge in [-0.05, 0) is 30.4 Å². The van der Waals surface area contributed by atoms with E-state index in [1.165, 1.54) is 0 Å². The minimum atomic E-state index is -4.82. The summed E-state index contributed by atoms with van der Waals surface area (Å²) in [5.74, 6) is -1.82. The van der Waals surface area contributed by atoms with Crippen LogP contribution < -0.4 is 5.32 Å². The van der Waals surface area contributed by atoms with Gasteiger partial charge < -0.3 is 10.2 Å². The van der Waals surface area contributed by atoms with Gasteiger partial charge in [-0.25, -0.2) is 0 Å². The fourth-order valence-electron chi connectivity index (χ4n) is 2.65. The van der Waals surface area contributed by atoms with Crippen molar-refractivity contribution < 1.29 is 22.8 Å². The van der Waals surface area contributed by atoms with Crippen LogP contribution in [0, 0.1) is 5.92 Å². The molecule has 0 radical (unpaired) electrons. The first-order valence-corrected chi connectivity index (χ1v) is 8.43. The topological polar surface area (TPSA) is 49.4 Å². The second kappa shape index (κ2) is 8.00. The summed E-state index contributed by atoms with van der Waals surface area (Å²) < 4.78 is 38.0. The lowest BCUT2D eigenvalue weighted by atomic mass is 9.96. The number of nitrogens with zero attached hydrogens (tertiary/aromatic N) is 1. The number of piperidine rings is 1. The smallest absolute Gasteiger partial charge is 0.356 e. The van der Waals surface area contributed by atoms with Crippen LogP contribution in [0.2, 0.25) is 0 Å². The standard InChI is InChI=1S/C16H18BrF3N2O2/c17-13-4-2-1-3-12(13)9-14(23)21-10-11-5-7-22(8-6-11)15(24)16(18,19)20/h1-4,11H,5-10H2,(H,21,23). The molecule has 0 unspecified atom stereocenters. The molecule has 1 aliphatic heterocycles. The summed E-state index contributed by atoms with van der Waals surface area (Å²) in [6, 6.07) is 7.42. The Bertz CT molecular complexity index is 599. The van der Waals surface area contributed by atoms with Gasteiger partial charge in [-0.3, -0.25) is 9.59 Å². The lowest BCUT2D eigenvalue weighted by Gasteiger charge is -2.32. The SMILES string of the molecule is O=C(Cc1ccccc1Br)NCC1CCN(C(=O)C(F)(F)F)CC1. The largest absolute Gasteiger partial charge is 0.471 e. The molecule has 1 aromatic carbocycles. The number of carbonyl (C=O) groups excluding carboxylic acids is 2. The van der Waals surface area contributed by atoms with Gasteiger partial charge in [0, 0.05) is 24.1 Å². The third-order valence-corrected chi connectivity index (χ3v) is 4.81. The van der Waals surface area contributed by atoms with Gasteiger partial charge >= 0.3 is 12.1 Å². The number of likely N-dealkylation sites (tertiary alicyclic amines) is 1. The van der Waals surface area contributed by atoms with E-state index in [1.807, 2.05) is 24.3 Å². The van der Waals surface area contributed by atoms with E-state index in [2.05, 4.69) is 21.2 Å². The van der Waals surface area contributed by atoms with Crippen molar-refractivity contribution in [1.82, 2.24) is 10.2 Å². The number of hydrogen-bond acceptors (Lipinski definition) is 2. The summed E-state index contributed by atoms with van der Waals surface area (Å²) in [5.41, 5.74) is 0.876. The summed E-state index contributed by atoms with van der Waals surface area (Å²) in [6.45, 7) is 0.559. The molecule has 0 bridgehead atoms. The van der Waals surface area contributed by atoms with Gasteiger partial charge in [-0.15, -0.1) is 0 Å². The Morgan fingerprint density at radius 3 is 2.42 bits per heavy atom. The van der Waals surface area contributed by atoms with Gasteiger partial charge in [0.2, 0.25) is 5.91 Å². The Morgan fingerprint density at radius 1 is 1.21 bits per heavy atom. The monoisotopic (exact) mass is 406 g/mol. The van der Waals surface area contributed by atoms with Crippen LogP contribution in [0.3, 0.4) is 0 Å². The number of hydrogen-bond donors (Lipinski definition) is 1. The first-order valence-electron chi connectivity index (χ1n) is 7.63. The second-order valence-corrected chi connectivity index (χ2v) is 6.66. The highest BCUT2D eigenvalue weighted by Gasteiger charge is 2.43. The molecule has 4 nitrogen and oxygen atoms in total. The maximum absolute atomic E-state index is 12.4. The molecule has 2 rings (SSSR count). The number of nitrogens with one attached hydrogen (secondary N) is 1. The minimum Gasteiger partial charge on any atom is -0.356 e. The van der Waals surface area contributed by atoms with Crippen LogP contribution in [-0.4, -0.2) is 42.5 Å². The van der Waals surface area contributed by atoms with E-state index >= 15 is 0 Å². The van der Waals surface area contributed by atoms with E-state index in [-0.39, 0.29) is 31.3 Å². The van der Waals surface area contributed by atoms with Gasteiger partial charge in [0.1, 0.15) is 0 Å². The quantitative estimate of drug-likeness (QED) is 0.835. The number of alkyl halides is 3. The zero-order valence-corrected chi connectivity index (χ0v) is 14.5. The molecule has 0 atom stereocenters. The molecule has 0 saturated carbocycles. The van der Waals surface area contributed by atoms with Crippen LogP contribution >= 0.6 is 15.9 Å². The highest BCUT2D eigenvalue weighted by Crippen LogP contribution is 2.23. The Balaban J connectivity index is 1.74. The summed E-state index contributed by atoms with van der Waals surface area (Å²) in [7, 11) is 0. The van der Waals surface area contributed by atoms with Crippen LogP contribution in [0.25, 0.3) is 0 Å². The summed E-state index contributed by atoms with van der Waals surface area (Å²) in [5, 5.41) is 2.82. The fourth-order valence-corrected chi connectivity index (χ4v) is 3.08. The minimum absolute atomic E-state index is 0.0725. The maximum Gasteiger partial charge on any atom is 0.471 e. The lowest BCUT2D eigenvalue weighted by molar-refractivity contribution is -0.186. The average molecular weight is 407 g/mol. The van der Waals surface area contributed by atoms with Crippen molar-refractivity contribution in [2.45, 2.75) is 25.4 Å². The third-order valence-electron chi connectivity index (χ3n) is 4.04. The third kappa shape index (κ3) is 5.22. The Morgan fingerprint density at radius 2 is 1.83 bits per heavy atom. The number of halogens is 4. The van der Waals surface area contributed by atoms with E-state index < -0.39 is 12.1 Å². The molecule has 24 heavy (non-hydrogen) atoms. The number of rotatable bonds is 4. The van der Waals surface area contributed by atoms with Gasteiger partial charge in [-0.1, -0.05) is 34.1 Å². The van der Waals surface area contributed by atoms with Crippen molar-refractivity contribution in [3.05, 3.63) is 34.3 Å². The van der Waals surface area contributed by atoms with Crippen LogP contribution in [0.5, 0.6) is 0 Å². The summed E-state index contributed by atoms with van der Waals surface area (Å²) in [6.07, 6.45) is -3.66. The van der Waals surface area contributed by atoms with Crippen LogP contribution in [-0.2, 0) is 16.0 Å². The molecule has 0 aromatic heterocycles. The molecule has 2 amide bonds. The Kier molecular flexibility index (Phi) is 6.26. The zero-order chi connectivity index (χ0) is 17.7. The normalized spacial score (nSPS) is 16.1. The molecular weight excluding hydrogens is 389 g/mol. The van der Waals surface area contributed by atoms with E-state index in [4.69, 9.17) is 0 Å². The molecule has 1 aliphatic rings. The highest BCUT2D eigenvalue weighted by atomic mass is 79.9. The summed E-state index contributed by atoms with van der Waals surface area (Å²) in [4.78, 5) is 24.0. The maximum atomic E-state index is 12.4. The summed E-state index contributed by atoms with van der Waals surface area (Å²) >= 11 is 3.38. The molecule has 1 saturated heterocycles. The van der Waals surface area contributed by atoms with E-state index in [0.29, 0.717) is 19.4 Å². The van der Waals surface area contributed by atoms with Crippen LogP contribution in [0.15, 0.2) is 28.7 Å². The van der Waals surface area contributed by atoms with Crippen molar-refractivity contribution in [2.75, 3.05) is 19.6 Å². The van der Waals surface area contributed by atoms with E-state index in [9.17, 15) is 22.8 Å². The predicted molar refractivity (Wildman–Crippen MR) is 86.2 cm³/mol. The molecular formula is C16H18BrF3N2O2. The number of amides is 2. The molecule has 1 N–H and O–H groups in total. The molecule has 1 aromatic rings.